The highest BCUT2D eigenvalue weighted by Crippen LogP contribution is 2.24. The topological polar surface area (TPSA) is 136 Å². The largest absolute Gasteiger partial charge is 0.422 e. The van der Waals surface area contributed by atoms with Crippen LogP contribution in [0.3, 0.4) is 0 Å². The van der Waals surface area contributed by atoms with E-state index in [1.807, 2.05) is 0 Å². The summed E-state index contributed by atoms with van der Waals surface area (Å²) in [5.74, 6) is -2.30. The predicted molar refractivity (Wildman–Crippen MR) is 177 cm³/mol. The summed E-state index contributed by atoms with van der Waals surface area (Å²) in [6, 6.07) is 22.1. The molecule has 0 fully saturated rings. The van der Waals surface area contributed by atoms with Crippen molar-refractivity contribution < 1.29 is 28.7 Å². The van der Waals surface area contributed by atoms with Crippen LogP contribution in [0.5, 0.6) is 11.5 Å². The van der Waals surface area contributed by atoms with E-state index in [2.05, 4.69) is 52.9 Å². The normalized spacial score (nSPS) is 10.9. The van der Waals surface area contributed by atoms with Gasteiger partial charge in [0.25, 0.3) is 0 Å². The predicted octanol–water partition coefficient (Wildman–Crippen LogP) is 6.95. The van der Waals surface area contributed by atoms with Crippen LogP contribution in [-0.4, -0.2) is 36.2 Å². The maximum Gasteiger partial charge on any atom is 0.343 e. The van der Waals surface area contributed by atoms with Gasteiger partial charge in [0.1, 0.15) is 17.9 Å². The lowest BCUT2D eigenvalue weighted by molar-refractivity contribution is -0.129. The van der Waals surface area contributed by atoms with Crippen LogP contribution in [0.1, 0.15) is 38.3 Å². The van der Waals surface area contributed by atoms with Gasteiger partial charge >= 0.3 is 11.9 Å². The van der Waals surface area contributed by atoms with Crippen molar-refractivity contribution in [3.8, 4) is 11.5 Å². The molecule has 0 unspecified atom stereocenters. The lowest BCUT2D eigenvalue weighted by Gasteiger charge is -2.08. The Morgan fingerprint density at radius 3 is 1.38 bits per heavy atom. The molecule has 0 radical (unpaired) electrons. The van der Waals surface area contributed by atoms with E-state index in [9.17, 15) is 19.2 Å². The van der Waals surface area contributed by atoms with Crippen LogP contribution in [0.15, 0.2) is 104 Å². The molecule has 0 spiro atoms. The number of hydrazone groups is 2. The molecule has 45 heavy (non-hydrogen) atoms. The number of halogens is 4. The molecule has 14 heteroatoms. The zero-order valence-corrected chi connectivity index (χ0v) is 27.5. The summed E-state index contributed by atoms with van der Waals surface area (Å²) >= 11 is 18.4. The van der Waals surface area contributed by atoms with E-state index in [1.54, 1.807) is 60.7 Å². The number of esters is 2. The number of hydrogen-bond acceptors (Lipinski definition) is 8. The Balaban J connectivity index is 1.31. The monoisotopic (exact) mass is 772 g/mol. The Kier molecular flexibility index (Phi) is 12.0. The van der Waals surface area contributed by atoms with Crippen LogP contribution < -0.4 is 20.3 Å². The van der Waals surface area contributed by atoms with Crippen molar-refractivity contribution in [3.05, 3.63) is 126 Å². The lowest BCUT2D eigenvalue weighted by atomic mass is 10.2. The molecule has 4 aromatic rings. The zero-order valence-electron chi connectivity index (χ0n) is 22.8. The van der Waals surface area contributed by atoms with E-state index in [0.717, 1.165) is 0 Å². The first-order chi connectivity index (χ1) is 21.6. The minimum atomic E-state index is -0.728. The molecule has 2 N–H and O–H groups in total. The van der Waals surface area contributed by atoms with Crippen molar-refractivity contribution in [3.63, 3.8) is 0 Å². The van der Waals surface area contributed by atoms with Gasteiger partial charge in [0, 0.05) is 30.1 Å². The third-order valence-electron chi connectivity index (χ3n) is 5.62. The zero-order chi connectivity index (χ0) is 32.3. The Morgan fingerprint density at radius 2 is 1.00 bits per heavy atom. The number of nitrogens with zero attached hydrogens (tertiary/aromatic N) is 2. The Bertz CT molecular complexity index is 1670. The second-order valence-electron chi connectivity index (χ2n) is 8.92. The van der Waals surface area contributed by atoms with Gasteiger partial charge in [0.2, 0.25) is 11.8 Å². The van der Waals surface area contributed by atoms with Gasteiger partial charge in [-0.25, -0.2) is 20.4 Å². The highest BCUT2D eigenvalue weighted by molar-refractivity contribution is 9.10. The summed E-state index contributed by atoms with van der Waals surface area (Å²) in [6.07, 6.45) is 1.94. The second kappa shape index (κ2) is 16.1. The molecule has 4 rings (SSSR count). The molecule has 2 amide bonds. The van der Waals surface area contributed by atoms with Crippen LogP contribution >= 0.6 is 55.1 Å². The van der Waals surface area contributed by atoms with Gasteiger partial charge in [-0.3, -0.25) is 9.59 Å². The van der Waals surface area contributed by atoms with Crippen LogP contribution in [0.2, 0.25) is 10.0 Å². The number of amides is 2. The Morgan fingerprint density at radius 1 is 0.622 bits per heavy atom. The third kappa shape index (κ3) is 10.4. The summed E-state index contributed by atoms with van der Waals surface area (Å²) in [5, 5.41) is 8.68. The SMILES string of the molecule is O=C(CC(=O)N/N=C/c1cc(Br)ccc1OC(=O)c1ccc(Cl)cc1)NN=Cc1cc(Br)ccc1OC(=O)c1ccc(Cl)cc1. The van der Waals surface area contributed by atoms with Crippen molar-refractivity contribution in [1.82, 2.24) is 10.9 Å². The van der Waals surface area contributed by atoms with Gasteiger partial charge in [0.15, 0.2) is 0 Å². The molecule has 0 bridgehead atoms. The van der Waals surface area contributed by atoms with E-state index in [-0.39, 0.29) is 11.5 Å². The number of hydrogen-bond donors (Lipinski definition) is 2. The van der Waals surface area contributed by atoms with E-state index in [4.69, 9.17) is 32.7 Å². The molecule has 0 saturated heterocycles. The van der Waals surface area contributed by atoms with Crippen molar-refractivity contribution in [2.24, 2.45) is 10.2 Å². The highest BCUT2D eigenvalue weighted by Gasteiger charge is 2.14. The van der Waals surface area contributed by atoms with Crippen molar-refractivity contribution >= 4 is 91.2 Å². The van der Waals surface area contributed by atoms with Crippen LogP contribution in [0.4, 0.5) is 0 Å². The maximum atomic E-state index is 12.5. The van der Waals surface area contributed by atoms with E-state index in [1.165, 1.54) is 36.7 Å². The molecule has 228 valence electrons. The van der Waals surface area contributed by atoms with Gasteiger partial charge in [-0.15, -0.1) is 0 Å². The summed E-state index contributed by atoms with van der Waals surface area (Å²) in [7, 11) is 0. The highest BCUT2D eigenvalue weighted by atomic mass is 79.9. The average molecular weight is 775 g/mol. The van der Waals surface area contributed by atoms with Crippen molar-refractivity contribution in [2.45, 2.75) is 6.42 Å². The lowest BCUT2D eigenvalue weighted by Crippen LogP contribution is -2.27. The molecule has 0 aromatic heterocycles. The molecule has 0 aliphatic rings. The Hall–Kier alpha value is -4.36. The first-order valence-electron chi connectivity index (χ1n) is 12.8. The van der Waals surface area contributed by atoms with Gasteiger partial charge in [-0.1, -0.05) is 55.1 Å². The van der Waals surface area contributed by atoms with E-state index < -0.39 is 30.2 Å². The summed E-state index contributed by atoms with van der Waals surface area (Å²) in [4.78, 5) is 49.6. The fourth-order valence-corrected chi connectivity index (χ4v) is 4.50. The smallest absolute Gasteiger partial charge is 0.343 e. The minimum Gasteiger partial charge on any atom is -0.422 e. The van der Waals surface area contributed by atoms with Gasteiger partial charge < -0.3 is 9.47 Å². The first kappa shape index (κ1) is 33.5. The van der Waals surface area contributed by atoms with Crippen LogP contribution in [0, 0.1) is 0 Å². The average Bonchev–Trinajstić information content (AvgIpc) is 3.00. The first-order valence-corrected chi connectivity index (χ1v) is 15.1. The van der Waals surface area contributed by atoms with Gasteiger partial charge in [0.05, 0.1) is 23.6 Å². The number of carbonyl (C=O) groups is 4. The molecule has 0 atom stereocenters. The van der Waals surface area contributed by atoms with Crippen LogP contribution in [0.25, 0.3) is 0 Å². The number of benzene rings is 4. The molecular formula is C31H20Br2Cl2N4O6. The molecule has 0 saturated carbocycles. The quantitative estimate of drug-likeness (QED) is 0.0589. The molecular weight excluding hydrogens is 755 g/mol. The van der Waals surface area contributed by atoms with Crippen molar-refractivity contribution in [1.29, 1.82) is 0 Å². The molecule has 0 heterocycles. The van der Waals surface area contributed by atoms with E-state index >= 15 is 0 Å². The second-order valence-corrected chi connectivity index (χ2v) is 11.6. The molecule has 4 aromatic carbocycles. The number of carbonyl (C=O) groups excluding carboxylic acids is 4. The Labute approximate surface area is 283 Å². The number of ether oxygens (including phenoxy) is 2. The summed E-state index contributed by atoms with van der Waals surface area (Å²) in [6.45, 7) is 0. The van der Waals surface area contributed by atoms with Crippen molar-refractivity contribution in [2.75, 3.05) is 0 Å². The summed E-state index contributed by atoms with van der Waals surface area (Å²) < 4.78 is 12.3. The van der Waals surface area contributed by atoms with Crippen LogP contribution in [-0.2, 0) is 9.59 Å². The fraction of sp³-hybridized carbons (Fsp3) is 0.0323. The standard InChI is InChI=1S/C31H20Br2Cl2N4O6/c32-22-5-11-26(44-30(42)18-1-7-24(34)8-2-18)20(13-22)16-36-38-28(40)15-29(41)39-37-17-21-14-23(33)6-12-27(21)45-31(43)19-3-9-25(35)10-4-19/h1-14,16-17H,15H2,(H,38,40)(H,39,41)/b36-16+,37-17?. The van der Waals surface area contributed by atoms with E-state index in [0.29, 0.717) is 41.2 Å². The molecule has 0 aliphatic heterocycles. The van der Waals surface area contributed by atoms with Gasteiger partial charge in [-0.2, -0.15) is 10.2 Å². The molecule has 0 aliphatic carbocycles. The summed E-state index contributed by atoms with van der Waals surface area (Å²) in [5.41, 5.74) is 5.82. The number of nitrogens with one attached hydrogen (secondary N) is 2. The van der Waals surface area contributed by atoms with Gasteiger partial charge in [-0.05, 0) is 84.9 Å². The minimum absolute atomic E-state index is 0.189. The third-order valence-corrected chi connectivity index (χ3v) is 7.11. The molecule has 10 nitrogen and oxygen atoms in total. The number of rotatable bonds is 10. The fourth-order valence-electron chi connectivity index (χ4n) is 3.49. The maximum absolute atomic E-state index is 12.5.